The van der Waals surface area contributed by atoms with Gasteiger partial charge >= 0.3 is 0 Å². The number of rotatable bonds is 14. The van der Waals surface area contributed by atoms with Crippen LogP contribution in [0.2, 0.25) is 0 Å². The summed E-state index contributed by atoms with van der Waals surface area (Å²) in [5, 5.41) is 14.9. The molecule has 0 aliphatic heterocycles. The summed E-state index contributed by atoms with van der Waals surface area (Å²) in [5.41, 5.74) is 4.50. The van der Waals surface area contributed by atoms with Crippen LogP contribution in [0.1, 0.15) is 80.7 Å². The van der Waals surface area contributed by atoms with Crippen LogP contribution in [0.15, 0.2) is 48.9 Å². The molecular weight excluding hydrogens is 528 g/mol. The molecular formula is C31H43ClN4O4. The van der Waals surface area contributed by atoms with Crippen LogP contribution in [-0.4, -0.2) is 52.2 Å². The topological polar surface area (TPSA) is 89.7 Å². The lowest BCUT2D eigenvalue weighted by Crippen LogP contribution is -2.36. The fraction of sp³-hybridized carbons (Fsp3) is 0.516. The van der Waals surface area contributed by atoms with E-state index >= 15 is 0 Å². The summed E-state index contributed by atoms with van der Waals surface area (Å²) >= 11 is 0. The number of anilines is 1. The highest BCUT2D eigenvalue weighted by molar-refractivity contribution is 5.98. The number of unbranched alkanes of at least 4 members (excludes halogenated alkanes) is 1. The molecule has 0 spiro atoms. The molecule has 0 saturated heterocycles. The van der Waals surface area contributed by atoms with E-state index in [1.165, 1.54) is 0 Å². The van der Waals surface area contributed by atoms with Gasteiger partial charge in [-0.05, 0) is 60.9 Å². The minimum Gasteiger partial charge on any atom is -0.508 e. The summed E-state index contributed by atoms with van der Waals surface area (Å²) < 4.78 is 13.1. The van der Waals surface area contributed by atoms with Crippen molar-refractivity contribution in [1.29, 1.82) is 0 Å². The molecule has 0 radical (unpaired) electrons. The van der Waals surface area contributed by atoms with Crippen LogP contribution in [0.3, 0.4) is 0 Å². The summed E-state index contributed by atoms with van der Waals surface area (Å²) in [7, 11) is 0. The number of hydrogen-bond donors (Lipinski definition) is 1. The zero-order chi connectivity index (χ0) is 27.6. The van der Waals surface area contributed by atoms with Crippen LogP contribution in [0.25, 0.3) is 0 Å². The van der Waals surface area contributed by atoms with Crippen molar-refractivity contribution in [3.63, 3.8) is 0 Å². The number of phenolic OH excluding ortho intramolecular Hbond substituents is 1. The molecule has 8 nitrogen and oxygen atoms in total. The normalized spacial score (nSPS) is 14.6. The second-order valence-corrected chi connectivity index (χ2v) is 10.5. The molecule has 1 aliphatic rings. The Morgan fingerprint density at radius 3 is 2.65 bits per heavy atom. The predicted octanol–water partition coefficient (Wildman–Crippen LogP) is 6.02. The lowest BCUT2D eigenvalue weighted by molar-refractivity contribution is -0.120. The van der Waals surface area contributed by atoms with Gasteiger partial charge in [0.2, 0.25) is 5.91 Å². The van der Waals surface area contributed by atoms with Crippen molar-refractivity contribution in [3.8, 4) is 5.75 Å². The number of pyridine rings is 1. The van der Waals surface area contributed by atoms with E-state index in [4.69, 9.17) is 9.47 Å². The molecule has 2 heterocycles. The monoisotopic (exact) mass is 570 g/mol. The zero-order valence-electron chi connectivity index (χ0n) is 23.9. The van der Waals surface area contributed by atoms with Crippen LogP contribution < -0.4 is 4.90 Å². The molecule has 1 aliphatic carbocycles. The molecule has 0 fully saturated rings. The maximum Gasteiger partial charge on any atom is 0.234 e. The van der Waals surface area contributed by atoms with Crippen LogP contribution >= 0.6 is 12.4 Å². The number of carbonyl (C=O) groups excluding carboxylic acids is 1. The van der Waals surface area contributed by atoms with Gasteiger partial charge in [-0.2, -0.15) is 5.10 Å². The van der Waals surface area contributed by atoms with Crippen molar-refractivity contribution in [3.05, 3.63) is 71.3 Å². The van der Waals surface area contributed by atoms with Crippen LogP contribution in [-0.2, 0) is 33.8 Å². The average Bonchev–Trinajstić information content (AvgIpc) is 3.40. The zero-order valence-corrected chi connectivity index (χ0v) is 24.7. The quantitative estimate of drug-likeness (QED) is 0.239. The lowest BCUT2D eigenvalue weighted by Gasteiger charge is -2.31. The van der Waals surface area contributed by atoms with E-state index in [9.17, 15) is 9.90 Å². The third-order valence-corrected chi connectivity index (χ3v) is 7.23. The molecule has 0 saturated carbocycles. The molecule has 1 aromatic carbocycles. The minimum atomic E-state index is -0.311. The van der Waals surface area contributed by atoms with Crippen molar-refractivity contribution in [2.45, 2.75) is 77.8 Å². The van der Waals surface area contributed by atoms with E-state index in [0.29, 0.717) is 38.8 Å². The Hall–Kier alpha value is -2.94. The number of halogens is 1. The van der Waals surface area contributed by atoms with Crippen LogP contribution in [0.5, 0.6) is 5.75 Å². The first-order valence-electron chi connectivity index (χ1n) is 14.2. The first kappa shape index (κ1) is 31.6. The molecule has 1 N–H and O–H groups in total. The SMILES string of the molecule is CCCCOCCOCCn1cc(CN(C(=O)C2CCCc3c(O)cccc32)c2ccc(C(C)C)nc2)cn1.Cl. The standard InChI is InChI=1S/C31H42N4O4.ClH/c1-4-5-15-38-17-18-39-16-14-34-21-24(19-33-34)22-35(25-12-13-29(23(2)3)32-20-25)31(37)28-10-6-9-27-26(28)8-7-11-30(27)36;/h7-8,11-13,19-21,23,28,36H,4-6,9-10,14-18,22H2,1-3H3;1H. The Morgan fingerprint density at radius 2 is 1.93 bits per heavy atom. The number of ether oxygens (including phenoxy) is 2. The number of carbonyl (C=O) groups is 1. The highest BCUT2D eigenvalue weighted by atomic mass is 35.5. The Morgan fingerprint density at radius 1 is 1.12 bits per heavy atom. The molecule has 9 heteroatoms. The van der Waals surface area contributed by atoms with Gasteiger partial charge in [-0.3, -0.25) is 14.5 Å². The van der Waals surface area contributed by atoms with Gasteiger partial charge < -0.3 is 19.5 Å². The van der Waals surface area contributed by atoms with Crippen molar-refractivity contribution in [2.75, 3.05) is 31.3 Å². The maximum absolute atomic E-state index is 14.1. The first-order chi connectivity index (χ1) is 19.0. The number of benzene rings is 1. The van der Waals surface area contributed by atoms with Crippen molar-refractivity contribution in [1.82, 2.24) is 14.8 Å². The van der Waals surface area contributed by atoms with Gasteiger partial charge in [0.15, 0.2) is 0 Å². The first-order valence-corrected chi connectivity index (χ1v) is 14.2. The average molecular weight is 571 g/mol. The Balaban J connectivity index is 0.00000441. The number of aromatic nitrogens is 3. The van der Waals surface area contributed by atoms with Crippen molar-refractivity contribution in [2.24, 2.45) is 0 Å². The van der Waals surface area contributed by atoms with Crippen molar-refractivity contribution < 1.29 is 19.4 Å². The number of hydrogen-bond acceptors (Lipinski definition) is 6. The highest BCUT2D eigenvalue weighted by Gasteiger charge is 2.32. The second kappa shape index (κ2) is 15.7. The summed E-state index contributed by atoms with van der Waals surface area (Å²) in [5.74, 6) is 0.281. The third-order valence-electron chi connectivity index (χ3n) is 7.23. The molecule has 1 amide bonds. The van der Waals surface area contributed by atoms with E-state index in [-0.39, 0.29) is 30.0 Å². The summed E-state index contributed by atoms with van der Waals surface area (Å²) in [6, 6.07) is 9.48. The number of amides is 1. The number of fused-ring (bicyclic) bond motifs is 1. The fourth-order valence-electron chi connectivity index (χ4n) is 4.99. The van der Waals surface area contributed by atoms with E-state index in [2.05, 4.69) is 30.9 Å². The molecule has 0 bridgehead atoms. The van der Waals surface area contributed by atoms with Gasteiger partial charge in [-0.25, -0.2) is 0 Å². The molecule has 2 aromatic heterocycles. The Kier molecular flexibility index (Phi) is 12.4. The molecule has 218 valence electrons. The van der Waals surface area contributed by atoms with Crippen molar-refractivity contribution >= 4 is 24.0 Å². The predicted molar refractivity (Wildman–Crippen MR) is 159 cm³/mol. The van der Waals surface area contributed by atoms with Crippen LogP contribution in [0, 0.1) is 0 Å². The summed E-state index contributed by atoms with van der Waals surface area (Å²) in [4.78, 5) is 20.5. The lowest BCUT2D eigenvalue weighted by atomic mass is 9.81. The van der Waals surface area contributed by atoms with Gasteiger partial charge in [0.05, 0.1) is 56.9 Å². The van der Waals surface area contributed by atoms with Gasteiger partial charge in [0.25, 0.3) is 0 Å². The van der Waals surface area contributed by atoms with Gasteiger partial charge in [-0.15, -0.1) is 12.4 Å². The largest absolute Gasteiger partial charge is 0.508 e. The molecule has 1 atom stereocenters. The molecule has 40 heavy (non-hydrogen) atoms. The fourth-order valence-corrected chi connectivity index (χ4v) is 4.99. The Bertz CT molecular complexity index is 1200. The van der Waals surface area contributed by atoms with E-state index < -0.39 is 0 Å². The highest BCUT2D eigenvalue weighted by Crippen LogP contribution is 2.38. The van der Waals surface area contributed by atoms with E-state index in [1.54, 1.807) is 12.3 Å². The van der Waals surface area contributed by atoms with Gasteiger partial charge in [0.1, 0.15) is 5.75 Å². The number of aromatic hydroxyl groups is 1. The van der Waals surface area contributed by atoms with Gasteiger partial charge in [-0.1, -0.05) is 39.3 Å². The van der Waals surface area contributed by atoms with E-state index in [1.807, 2.05) is 46.2 Å². The summed E-state index contributed by atoms with van der Waals surface area (Å²) in [6.07, 6.45) is 10.2. The molecule has 3 aromatic rings. The maximum atomic E-state index is 14.1. The Labute approximate surface area is 244 Å². The van der Waals surface area contributed by atoms with Crippen LogP contribution in [0.4, 0.5) is 5.69 Å². The minimum absolute atomic E-state index is 0. The van der Waals surface area contributed by atoms with E-state index in [0.717, 1.165) is 66.8 Å². The third kappa shape index (κ3) is 8.29. The number of phenols is 1. The summed E-state index contributed by atoms with van der Waals surface area (Å²) in [6.45, 7) is 9.87. The number of nitrogens with zero attached hydrogens (tertiary/aromatic N) is 4. The second-order valence-electron chi connectivity index (χ2n) is 10.5. The smallest absolute Gasteiger partial charge is 0.234 e. The molecule has 1 unspecified atom stereocenters. The van der Waals surface area contributed by atoms with Gasteiger partial charge in [0, 0.05) is 24.1 Å². The molecule has 4 rings (SSSR count).